The van der Waals surface area contributed by atoms with E-state index in [0.717, 1.165) is 0 Å². The lowest BCUT2D eigenvalue weighted by molar-refractivity contribution is -0.117. The van der Waals surface area contributed by atoms with Crippen molar-refractivity contribution in [1.29, 1.82) is 0 Å². The Bertz CT molecular complexity index is 327. The molecule has 0 aliphatic rings. The fraction of sp³-hybridized carbons (Fsp3) is 0.222. The molecular formula is C9H9ClFNO. The van der Waals surface area contributed by atoms with Crippen LogP contribution in [0.25, 0.3) is 0 Å². The molecule has 1 aromatic rings. The zero-order chi connectivity index (χ0) is 9.84. The molecule has 0 aliphatic heterocycles. The van der Waals surface area contributed by atoms with E-state index < -0.39 is 11.7 Å². The average Bonchev–Trinajstić information content (AvgIpc) is 2.02. The number of nitrogens with two attached hydrogens (primary N) is 1. The molecule has 0 radical (unpaired) electrons. The maximum Gasteiger partial charge on any atom is 0.217 e. The molecule has 1 rings (SSSR count). The van der Waals surface area contributed by atoms with E-state index in [1.165, 1.54) is 6.07 Å². The Balaban J connectivity index is 2.72. The largest absolute Gasteiger partial charge is 0.370 e. The van der Waals surface area contributed by atoms with Crippen LogP contribution in [0.2, 0.25) is 5.02 Å². The first-order chi connectivity index (χ1) is 6.09. The number of aryl methyl sites for hydroxylation is 1. The summed E-state index contributed by atoms with van der Waals surface area (Å²) in [4.78, 5) is 10.4. The smallest absolute Gasteiger partial charge is 0.217 e. The Morgan fingerprint density at radius 2 is 2.23 bits per heavy atom. The zero-order valence-electron chi connectivity index (χ0n) is 6.89. The molecule has 1 amide bonds. The molecule has 4 heteroatoms. The SMILES string of the molecule is NC(=O)CCc1ccc(Cl)cc1F. The summed E-state index contributed by atoms with van der Waals surface area (Å²) < 4.78 is 13.1. The first-order valence-corrected chi connectivity index (χ1v) is 4.19. The van der Waals surface area contributed by atoms with Crippen molar-refractivity contribution in [3.8, 4) is 0 Å². The minimum absolute atomic E-state index is 0.151. The second-order valence-corrected chi connectivity index (χ2v) is 3.14. The van der Waals surface area contributed by atoms with E-state index in [1.54, 1.807) is 12.1 Å². The number of amides is 1. The number of benzene rings is 1. The van der Waals surface area contributed by atoms with Gasteiger partial charge < -0.3 is 5.73 Å². The summed E-state index contributed by atoms with van der Waals surface area (Å²) >= 11 is 5.55. The Kier molecular flexibility index (Phi) is 3.25. The van der Waals surface area contributed by atoms with Gasteiger partial charge in [-0.2, -0.15) is 0 Å². The molecule has 1 aromatic carbocycles. The van der Waals surface area contributed by atoms with Gasteiger partial charge in [-0.15, -0.1) is 0 Å². The van der Waals surface area contributed by atoms with Gasteiger partial charge in [0.15, 0.2) is 0 Å². The monoisotopic (exact) mass is 201 g/mol. The van der Waals surface area contributed by atoms with E-state index in [9.17, 15) is 9.18 Å². The molecule has 0 saturated heterocycles. The highest BCUT2D eigenvalue weighted by molar-refractivity contribution is 6.30. The lowest BCUT2D eigenvalue weighted by atomic mass is 10.1. The van der Waals surface area contributed by atoms with Gasteiger partial charge in [-0.05, 0) is 24.1 Å². The average molecular weight is 202 g/mol. The van der Waals surface area contributed by atoms with Gasteiger partial charge in [0.2, 0.25) is 5.91 Å². The Morgan fingerprint density at radius 1 is 1.54 bits per heavy atom. The molecule has 13 heavy (non-hydrogen) atoms. The number of carbonyl (C=O) groups excluding carboxylic acids is 1. The normalized spacial score (nSPS) is 10.0. The maximum absolute atomic E-state index is 13.1. The van der Waals surface area contributed by atoms with Crippen LogP contribution in [0.4, 0.5) is 4.39 Å². The first kappa shape index (κ1) is 9.99. The summed E-state index contributed by atoms with van der Waals surface area (Å²) in [6.45, 7) is 0. The standard InChI is InChI=1S/C9H9ClFNO/c10-7-3-1-6(8(11)5-7)2-4-9(12)13/h1,3,5H,2,4H2,(H2,12,13). The highest BCUT2D eigenvalue weighted by atomic mass is 35.5. The maximum atomic E-state index is 13.1. The number of hydrogen-bond acceptors (Lipinski definition) is 1. The molecule has 2 nitrogen and oxygen atoms in total. The molecule has 0 aliphatic carbocycles. The fourth-order valence-electron chi connectivity index (χ4n) is 0.982. The number of primary amides is 1. The third-order valence-corrected chi connectivity index (χ3v) is 1.89. The van der Waals surface area contributed by atoms with Crippen molar-refractivity contribution in [2.75, 3.05) is 0 Å². The number of hydrogen-bond donors (Lipinski definition) is 1. The van der Waals surface area contributed by atoms with Crippen molar-refractivity contribution in [1.82, 2.24) is 0 Å². The Hall–Kier alpha value is -1.09. The van der Waals surface area contributed by atoms with E-state index in [1.807, 2.05) is 0 Å². The van der Waals surface area contributed by atoms with E-state index in [-0.39, 0.29) is 6.42 Å². The minimum Gasteiger partial charge on any atom is -0.370 e. The fourth-order valence-corrected chi connectivity index (χ4v) is 1.14. The molecule has 70 valence electrons. The molecule has 2 N–H and O–H groups in total. The molecule has 0 bridgehead atoms. The summed E-state index contributed by atoms with van der Waals surface area (Å²) in [6.07, 6.45) is 0.469. The Labute approximate surface area is 80.5 Å². The van der Waals surface area contributed by atoms with Crippen molar-refractivity contribution in [2.45, 2.75) is 12.8 Å². The van der Waals surface area contributed by atoms with Crippen LogP contribution < -0.4 is 5.73 Å². The van der Waals surface area contributed by atoms with Crippen molar-refractivity contribution in [2.24, 2.45) is 5.73 Å². The van der Waals surface area contributed by atoms with Gasteiger partial charge in [0.05, 0.1) is 0 Å². The van der Waals surface area contributed by atoms with E-state index in [4.69, 9.17) is 17.3 Å². The molecule has 0 unspecified atom stereocenters. The summed E-state index contributed by atoms with van der Waals surface area (Å²) in [6, 6.07) is 4.36. The van der Waals surface area contributed by atoms with E-state index >= 15 is 0 Å². The summed E-state index contributed by atoms with van der Waals surface area (Å²) in [7, 11) is 0. The molecule has 0 aromatic heterocycles. The summed E-state index contributed by atoms with van der Waals surface area (Å²) in [5.41, 5.74) is 5.39. The van der Waals surface area contributed by atoms with Gasteiger partial charge in [0.25, 0.3) is 0 Å². The van der Waals surface area contributed by atoms with Gasteiger partial charge in [-0.25, -0.2) is 4.39 Å². The molecule has 0 spiro atoms. The van der Waals surface area contributed by atoms with Crippen molar-refractivity contribution in [3.63, 3.8) is 0 Å². The van der Waals surface area contributed by atoms with Gasteiger partial charge in [0.1, 0.15) is 5.82 Å². The number of rotatable bonds is 3. The third-order valence-electron chi connectivity index (χ3n) is 1.66. The van der Waals surface area contributed by atoms with E-state index in [0.29, 0.717) is 17.0 Å². The van der Waals surface area contributed by atoms with Gasteiger partial charge in [-0.1, -0.05) is 17.7 Å². The molecular weight excluding hydrogens is 193 g/mol. The quantitative estimate of drug-likeness (QED) is 0.798. The van der Waals surface area contributed by atoms with Gasteiger partial charge in [0, 0.05) is 11.4 Å². The minimum atomic E-state index is -0.436. The molecule has 0 heterocycles. The Morgan fingerprint density at radius 3 is 2.77 bits per heavy atom. The zero-order valence-corrected chi connectivity index (χ0v) is 7.64. The van der Waals surface area contributed by atoms with Crippen LogP contribution in [-0.4, -0.2) is 5.91 Å². The van der Waals surface area contributed by atoms with Gasteiger partial charge >= 0.3 is 0 Å². The van der Waals surface area contributed by atoms with Crippen LogP contribution in [0, 0.1) is 5.82 Å². The first-order valence-electron chi connectivity index (χ1n) is 3.82. The highest BCUT2D eigenvalue weighted by Crippen LogP contribution is 2.15. The van der Waals surface area contributed by atoms with Crippen LogP contribution in [-0.2, 0) is 11.2 Å². The van der Waals surface area contributed by atoms with Crippen LogP contribution in [0.1, 0.15) is 12.0 Å². The van der Waals surface area contributed by atoms with E-state index in [2.05, 4.69) is 0 Å². The molecule has 0 fully saturated rings. The predicted molar refractivity (Wildman–Crippen MR) is 48.9 cm³/mol. The second-order valence-electron chi connectivity index (χ2n) is 2.70. The van der Waals surface area contributed by atoms with Crippen LogP contribution in [0.3, 0.4) is 0 Å². The van der Waals surface area contributed by atoms with Crippen LogP contribution in [0.5, 0.6) is 0 Å². The van der Waals surface area contributed by atoms with Gasteiger partial charge in [-0.3, -0.25) is 4.79 Å². The lowest BCUT2D eigenvalue weighted by Crippen LogP contribution is -2.11. The summed E-state index contributed by atoms with van der Waals surface area (Å²) in [5, 5.41) is 0.348. The van der Waals surface area contributed by atoms with Crippen molar-refractivity contribution >= 4 is 17.5 Å². The van der Waals surface area contributed by atoms with Crippen molar-refractivity contribution < 1.29 is 9.18 Å². The predicted octanol–water partition coefficient (Wildman–Crippen LogP) is 1.90. The number of halogens is 2. The lowest BCUT2D eigenvalue weighted by Gasteiger charge is -2.01. The number of carbonyl (C=O) groups is 1. The molecule has 0 atom stereocenters. The highest BCUT2D eigenvalue weighted by Gasteiger charge is 2.03. The van der Waals surface area contributed by atoms with Crippen LogP contribution >= 0.6 is 11.6 Å². The molecule has 0 saturated carbocycles. The third kappa shape index (κ3) is 3.03. The van der Waals surface area contributed by atoms with Crippen LogP contribution in [0.15, 0.2) is 18.2 Å². The topological polar surface area (TPSA) is 43.1 Å². The van der Waals surface area contributed by atoms with Crippen molar-refractivity contribution in [3.05, 3.63) is 34.6 Å². The summed E-state index contributed by atoms with van der Waals surface area (Å²) in [5.74, 6) is -0.830. The second kappa shape index (κ2) is 4.23.